The molecule has 6 heteroatoms. The molecular formula is C12H13F3N2O. The van der Waals surface area contributed by atoms with E-state index < -0.39 is 18.7 Å². The average molecular weight is 258 g/mol. The summed E-state index contributed by atoms with van der Waals surface area (Å²) in [5, 5.41) is 13.9. The van der Waals surface area contributed by atoms with E-state index in [1.54, 1.807) is 28.9 Å². The molecule has 2 rings (SSSR count). The lowest BCUT2D eigenvalue weighted by Crippen LogP contribution is -2.30. The van der Waals surface area contributed by atoms with Gasteiger partial charge in [-0.25, -0.2) is 0 Å². The number of hydrogen-bond donors (Lipinski definition) is 1. The molecule has 98 valence electrons. The summed E-state index contributed by atoms with van der Waals surface area (Å²) in [6.45, 7) is 2.44. The molecule has 0 fully saturated rings. The van der Waals surface area contributed by atoms with Crippen LogP contribution in [-0.4, -0.2) is 27.2 Å². The minimum absolute atomic E-state index is 0.275. The van der Waals surface area contributed by atoms with Gasteiger partial charge in [-0.2, -0.15) is 18.3 Å². The van der Waals surface area contributed by atoms with Gasteiger partial charge in [-0.1, -0.05) is 18.2 Å². The van der Waals surface area contributed by atoms with Crippen LogP contribution in [0.25, 0.3) is 10.9 Å². The molecule has 1 N–H and O–H groups in total. The summed E-state index contributed by atoms with van der Waals surface area (Å²) in [6.07, 6.45) is -7.50. The van der Waals surface area contributed by atoms with Crippen molar-refractivity contribution in [1.82, 2.24) is 9.78 Å². The van der Waals surface area contributed by atoms with Gasteiger partial charge in [-0.05, 0) is 13.0 Å². The van der Waals surface area contributed by atoms with Crippen LogP contribution in [0.3, 0.4) is 0 Å². The molecule has 1 aromatic heterocycles. The summed E-state index contributed by atoms with van der Waals surface area (Å²) < 4.78 is 38.6. The SMILES string of the molecule is CCn1nc(C[C@H](O)C(F)(F)F)c2ccccc21. The van der Waals surface area contributed by atoms with Crippen LogP contribution >= 0.6 is 0 Å². The molecule has 0 radical (unpaired) electrons. The van der Waals surface area contributed by atoms with E-state index in [0.29, 0.717) is 11.9 Å². The third-order valence-corrected chi connectivity index (χ3v) is 2.80. The highest BCUT2D eigenvalue weighted by Gasteiger charge is 2.38. The number of benzene rings is 1. The monoisotopic (exact) mass is 258 g/mol. The van der Waals surface area contributed by atoms with Crippen molar-refractivity contribution >= 4 is 10.9 Å². The van der Waals surface area contributed by atoms with Crippen LogP contribution in [0, 0.1) is 0 Å². The molecule has 0 bridgehead atoms. The molecule has 1 atom stereocenters. The van der Waals surface area contributed by atoms with Gasteiger partial charge in [0.05, 0.1) is 11.2 Å². The molecule has 1 heterocycles. The fraction of sp³-hybridized carbons (Fsp3) is 0.417. The van der Waals surface area contributed by atoms with Crippen molar-refractivity contribution in [1.29, 1.82) is 0 Å². The largest absolute Gasteiger partial charge is 0.414 e. The van der Waals surface area contributed by atoms with E-state index in [1.165, 1.54) is 0 Å². The third kappa shape index (κ3) is 2.33. The molecule has 18 heavy (non-hydrogen) atoms. The fourth-order valence-electron chi connectivity index (χ4n) is 1.89. The second-order valence-corrected chi connectivity index (χ2v) is 4.04. The number of nitrogens with zero attached hydrogens (tertiary/aromatic N) is 2. The first kappa shape index (κ1) is 12.9. The molecule has 0 aliphatic carbocycles. The molecule has 0 aliphatic heterocycles. The van der Waals surface area contributed by atoms with Gasteiger partial charge in [0.2, 0.25) is 0 Å². The van der Waals surface area contributed by atoms with E-state index in [0.717, 1.165) is 5.52 Å². The van der Waals surface area contributed by atoms with Crippen LogP contribution in [0.5, 0.6) is 0 Å². The van der Waals surface area contributed by atoms with E-state index in [4.69, 9.17) is 5.11 Å². The number of hydrogen-bond acceptors (Lipinski definition) is 2. The smallest absolute Gasteiger partial charge is 0.383 e. The first-order chi connectivity index (χ1) is 8.43. The van der Waals surface area contributed by atoms with E-state index in [2.05, 4.69) is 5.10 Å². The van der Waals surface area contributed by atoms with Crippen LogP contribution in [0.2, 0.25) is 0 Å². The summed E-state index contributed by atoms with van der Waals surface area (Å²) in [5.41, 5.74) is 1.06. The Bertz CT molecular complexity index is 548. The van der Waals surface area contributed by atoms with Gasteiger partial charge in [-0.15, -0.1) is 0 Å². The van der Waals surface area contributed by atoms with E-state index >= 15 is 0 Å². The predicted molar refractivity (Wildman–Crippen MR) is 61.2 cm³/mol. The second-order valence-electron chi connectivity index (χ2n) is 4.04. The fourth-order valence-corrected chi connectivity index (χ4v) is 1.89. The van der Waals surface area contributed by atoms with Crippen LogP contribution in [0.1, 0.15) is 12.6 Å². The van der Waals surface area contributed by atoms with Crippen molar-refractivity contribution in [2.24, 2.45) is 0 Å². The molecule has 2 aromatic rings. The van der Waals surface area contributed by atoms with E-state index in [1.807, 2.05) is 6.92 Å². The van der Waals surface area contributed by atoms with Crippen LogP contribution in [-0.2, 0) is 13.0 Å². The highest BCUT2D eigenvalue weighted by atomic mass is 19.4. The number of alkyl halides is 3. The maximum Gasteiger partial charge on any atom is 0.414 e. The van der Waals surface area contributed by atoms with E-state index in [-0.39, 0.29) is 5.69 Å². The Kier molecular flexibility index (Phi) is 3.30. The minimum atomic E-state index is -4.61. The maximum absolute atomic E-state index is 12.3. The molecule has 0 amide bonds. The van der Waals surface area contributed by atoms with Gasteiger partial charge in [0.1, 0.15) is 0 Å². The lowest BCUT2D eigenvalue weighted by molar-refractivity contribution is -0.203. The average Bonchev–Trinajstić information content (AvgIpc) is 2.67. The van der Waals surface area contributed by atoms with Gasteiger partial charge < -0.3 is 5.11 Å². The van der Waals surface area contributed by atoms with Crippen LogP contribution in [0.4, 0.5) is 13.2 Å². The summed E-state index contributed by atoms with van der Waals surface area (Å²) in [7, 11) is 0. The van der Waals surface area contributed by atoms with Crippen molar-refractivity contribution in [3.8, 4) is 0 Å². The number of fused-ring (bicyclic) bond motifs is 1. The van der Waals surface area contributed by atoms with Gasteiger partial charge in [0.25, 0.3) is 0 Å². The highest BCUT2D eigenvalue weighted by molar-refractivity contribution is 5.82. The first-order valence-electron chi connectivity index (χ1n) is 5.62. The topological polar surface area (TPSA) is 38.0 Å². The number of halogens is 3. The number of aromatic nitrogens is 2. The van der Waals surface area contributed by atoms with E-state index in [9.17, 15) is 13.2 Å². The standard InChI is InChI=1S/C12H13F3N2O/c1-2-17-10-6-4-3-5-8(10)9(16-17)7-11(18)12(13,14)15/h3-6,11,18H,2,7H2,1H3/t11-/m0/s1. The van der Waals surface area contributed by atoms with Crippen molar-refractivity contribution in [2.75, 3.05) is 0 Å². The van der Waals surface area contributed by atoms with Crippen molar-refractivity contribution in [3.63, 3.8) is 0 Å². The van der Waals surface area contributed by atoms with Crippen molar-refractivity contribution in [3.05, 3.63) is 30.0 Å². The van der Waals surface area contributed by atoms with Gasteiger partial charge in [-0.3, -0.25) is 4.68 Å². The van der Waals surface area contributed by atoms with Gasteiger partial charge in [0.15, 0.2) is 6.10 Å². The second kappa shape index (κ2) is 4.61. The number of aryl methyl sites for hydroxylation is 1. The highest BCUT2D eigenvalue weighted by Crippen LogP contribution is 2.26. The Morgan fingerprint density at radius 2 is 2.00 bits per heavy atom. The molecule has 0 saturated heterocycles. The molecule has 0 spiro atoms. The van der Waals surface area contributed by atoms with Crippen molar-refractivity contribution < 1.29 is 18.3 Å². The molecule has 0 unspecified atom stereocenters. The van der Waals surface area contributed by atoms with Gasteiger partial charge in [0, 0.05) is 18.4 Å². The minimum Gasteiger partial charge on any atom is -0.383 e. The van der Waals surface area contributed by atoms with Crippen molar-refractivity contribution in [2.45, 2.75) is 32.2 Å². The summed E-state index contributed by atoms with van der Waals surface area (Å²) in [4.78, 5) is 0. The molecule has 1 aromatic carbocycles. The predicted octanol–water partition coefficient (Wildman–Crippen LogP) is 2.52. The van der Waals surface area contributed by atoms with Crippen LogP contribution in [0.15, 0.2) is 24.3 Å². The quantitative estimate of drug-likeness (QED) is 0.918. The maximum atomic E-state index is 12.3. The molecule has 0 aliphatic rings. The third-order valence-electron chi connectivity index (χ3n) is 2.80. The zero-order chi connectivity index (χ0) is 13.3. The molecule has 0 saturated carbocycles. The zero-order valence-electron chi connectivity index (χ0n) is 9.78. The van der Waals surface area contributed by atoms with Crippen LogP contribution < -0.4 is 0 Å². The number of aliphatic hydroxyl groups is 1. The Morgan fingerprint density at radius 1 is 1.33 bits per heavy atom. The Hall–Kier alpha value is -1.56. The lowest BCUT2D eigenvalue weighted by Gasteiger charge is -2.12. The molecular weight excluding hydrogens is 245 g/mol. The molecule has 3 nitrogen and oxygen atoms in total. The lowest BCUT2D eigenvalue weighted by atomic mass is 10.1. The Labute approximate surface area is 102 Å². The number of rotatable bonds is 3. The Morgan fingerprint density at radius 3 is 2.61 bits per heavy atom. The summed E-state index contributed by atoms with van der Waals surface area (Å²) in [6, 6.07) is 7.07. The zero-order valence-corrected chi connectivity index (χ0v) is 9.78. The first-order valence-corrected chi connectivity index (χ1v) is 5.62. The number of para-hydroxylation sites is 1. The number of aliphatic hydroxyl groups excluding tert-OH is 1. The summed E-state index contributed by atoms with van der Waals surface area (Å²) in [5.74, 6) is 0. The van der Waals surface area contributed by atoms with Gasteiger partial charge >= 0.3 is 6.18 Å². The summed E-state index contributed by atoms with van der Waals surface area (Å²) >= 11 is 0. The normalized spacial score (nSPS) is 14.1. The Balaban J connectivity index is 2.40.